The van der Waals surface area contributed by atoms with Crippen molar-refractivity contribution in [1.29, 1.82) is 0 Å². The molecule has 1 heterocycles. The molecular formula is C15H17Br2NOS. The zero-order chi connectivity index (χ0) is 14.5. The highest BCUT2D eigenvalue weighted by Gasteiger charge is 2.14. The van der Waals surface area contributed by atoms with Crippen molar-refractivity contribution in [2.75, 3.05) is 14.2 Å². The Morgan fingerprint density at radius 2 is 1.95 bits per heavy atom. The number of halogens is 2. The summed E-state index contributed by atoms with van der Waals surface area (Å²) in [6, 6.07) is 10.9. The number of aryl methyl sites for hydroxylation is 1. The van der Waals surface area contributed by atoms with E-state index in [1.165, 1.54) is 10.4 Å². The Morgan fingerprint density at radius 3 is 2.45 bits per heavy atom. The number of nitrogens with one attached hydrogen (secondary N) is 1. The molecule has 0 spiro atoms. The summed E-state index contributed by atoms with van der Waals surface area (Å²) in [6.07, 6.45) is 2.12. The van der Waals surface area contributed by atoms with Gasteiger partial charge in [-0.15, -0.1) is 11.3 Å². The second-order valence-electron chi connectivity index (χ2n) is 4.50. The van der Waals surface area contributed by atoms with E-state index < -0.39 is 0 Å². The van der Waals surface area contributed by atoms with Gasteiger partial charge in [0, 0.05) is 15.4 Å². The first kappa shape index (κ1) is 16.0. The molecular weight excluding hydrogens is 402 g/mol. The van der Waals surface area contributed by atoms with Crippen LogP contribution in [0.1, 0.15) is 22.9 Å². The zero-order valence-electron chi connectivity index (χ0n) is 11.5. The highest BCUT2D eigenvalue weighted by atomic mass is 79.9. The molecule has 0 fully saturated rings. The quantitative estimate of drug-likeness (QED) is 0.698. The lowest BCUT2D eigenvalue weighted by Gasteiger charge is -2.14. The lowest BCUT2D eigenvalue weighted by atomic mass is 10.0. The van der Waals surface area contributed by atoms with Crippen molar-refractivity contribution in [2.45, 2.75) is 18.9 Å². The van der Waals surface area contributed by atoms with Gasteiger partial charge in [-0.1, -0.05) is 12.1 Å². The first-order chi connectivity index (χ1) is 9.63. The van der Waals surface area contributed by atoms with Gasteiger partial charge in [-0.2, -0.15) is 0 Å². The highest BCUT2D eigenvalue weighted by molar-refractivity contribution is 9.13. The average molecular weight is 419 g/mol. The largest absolute Gasteiger partial charge is 0.497 e. The van der Waals surface area contributed by atoms with Crippen LogP contribution in [0.2, 0.25) is 0 Å². The van der Waals surface area contributed by atoms with Crippen molar-refractivity contribution in [3.05, 3.63) is 49.0 Å². The summed E-state index contributed by atoms with van der Waals surface area (Å²) < 4.78 is 7.46. The summed E-state index contributed by atoms with van der Waals surface area (Å²) in [5.74, 6) is 0.907. The van der Waals surface area contributed by atoms with Crippen LogP contribution >= 0.6 is 43.2 Å². The van der Waals surface area contributed by atoms with Crippen LogP contribution in [0.25, 0.3) is 0 Å². The first-order valence-corrected chi connectivity index (χ1v) is 8.79. The van der Waals surface area contributed by atoms with Gasteiger partial charge in [0.15, 0.2) is 0 Å². The fourth-order valence-corrected chi connectivity index (χ4v) is 4.30. The third-order valence-electron chi connectivity index (χ3n) is 3.24. The van der Waals surface area contributed by atoms with E-state index in [1.54, 1.807) is 18.4 Å². The number of hydrogen-bond acceptors (Lipinski definition) is 3. The molecule has 0 bridgehead atoms. The summed E-state index contributed by atoms with van der Waals surface area (Å²) >= 11 is 8.88. The van der Waals surface area contributed by atoms with Gasteiger partial charge < -0.3 is 10.1 Å². The number of hydrogen-bond donors (Lipinski definition) is 1. The molecule has 2 aromatic rings. The van der Waals surface area contributed by atoms with Crippen molar-refractivity contribution in [2.24, 2.45) is 0 Å². The molecule has 1 aromatic carbocycles. The number of ether oxygens (including phenoxy) is 1. The van der Waals surface area contributed by atoms with Gasteiger partial charge in [-0.05, 0) is 75.5 Å². The fraction of sp³-hybridized carbons (Fsp3) is 0.333. The van der Waals surface area contributed by atoms with E-state index in [2.05, 4.69) is 55.4 Å². The predicted molar refractivity (Wildman–Crippen MR) is 92.8 cm³/mol. The Balaban J connectivity index is 1.99. The van der Waals surface area contributed by atoms with Gasteiger partial charge >= 0.3 is 0 Å². The van der Waals surface area contributed by atoms with E-state index >= 15 is 0 Å². The minimum absolute atomic E-state index is 0.379. The van der Waals surface area contributed by atoms with Gasteiger partial charge in [0.05, 0.1) is 10.9 Å². The van der Waals surface area contributed by atoms with Crippen LogP contribution < -0.4 is 10.1 Å². The highest BCUT2D eigenvalue weighted by Crippen LogP contribution is 2.36. The average Bonchev–Trinajstić information content (AvgIpc) is 2.80. The molecule has 20 heavy (non-hydrogen) atoms. The molecule has 5 heteroatoms. The van der Waals surface area contributed by atoms with Crippen LogP contribution in [0.5, 0.6) is 5.75 Å². The van der Waals surface area contributed by atoms with Gasteiger partial charge in [0.1, 0.15) is 5.75 Å². The summed E-state index contributed by atoms with van der Waals surface area (Å²) in [4.78, 5) is 1.35. The second-order valence-corrected chi connectivity index (χ2v) is 7.75. The van der Waals surface area contributed by atoms with Crippen LogP contribution in [0.4, 0.5) is 0 Å². The molecule has 0 saturated heterocycles. The van der Waals surface area contributed by atoms with Crippen LogP contribution in [0, 0.1) is 0 Å². The molecule has 0 saturated carbocycles. The predicted octanol–water partition coefficient (Wildman–Crippen LogP) is 5.18. The Morgan fingerprint density at radius 1 is 1.25 bits per heavy atom. The molecule has 0 aliphatic rings. The normalized spacial score (nSPS) is 12.4. The monoisotopic (exact) mass is 417 g/mol. The number of benzene rings is 1. The number of rotatable bonds is 6. The van der Waals surface area contributed by atoms with Crippen LogP contribution in [0.3, 0.4) is 0 Å². The Kier molecular flexibility index (Phi) is 6.08. The first-order valence-electron chi connectivity index (χ1n) is 6.39. The van der Waals surface area contributed by atoms with E-state index in [4.69, 9.17) is 4.74 Å². The summed E-state index contributed by atoms with van der Waals surface area (Å²) in [5, 5.41) is 3.40. The summed E-state index contributed by atoms with van der Waals surface area (Å²) in [7, 11) is 3.71. The van der Waals surface area contributed by atoms with Crippen LogP contribution in [-0.4, -0.2) is 14.2 Å². The van der Waals surface area contributed by atoms with Crippen LogP contribution in [-0.2, 0) is 6.42 Å². The Labute approximate surface area is 140 Å². The van der Waals surface area contributed by atoms with Crippen molar-refractivity contribution >= 4 is 43.2 Å². The molecule has 1 unspecified atom stereocenters. The molecule has 2 rings (SSSR count). The second kappa shape index (κ2) is 7.59. The molecule has 1 atom stereocenters. The SMILES string of the molecule is CNC(CCc1ccc(OC)cc1)c1cc(Br)c(Br)s1. The molecule has 1 N–H and O–H groups in total. The van der Waals surface area contributed by atoms with Crippen molar-refractivity contribution in [3.63, 3.8) is 0 Å². The van der Waals surface area contributed by atoms with Crippen molar-refractivity contribution < 1.29 is 4.74 Å². The minimum atomic E-state index is 0.379. The number of methoxy groups -OCH3 is 1. The van der Waals surface area contributed by atoms with E-state index in [0.717, 1.165) is 26.9 Å². The Hall–Kier alpha value is -0.360. The lowest BCUT2D eigenvalue weighted by molar-refractivity contribution is 0.414. The molecule has 0 radical (unpaired) electrons. The van der Waals surface area contributed by atoms with Crippen molar-refractivity contribution in [3.8, 4) is 5.75 Å². The minimum Gasteiger partial charge on any atom is -0.497 e. The molecule has 108 valence electrons. The maximum absolute atomic E-state index is 5.18. The molecule has 0 amide bonds. The third-order valence-corrected chi connectivity index (χ3v) is 6.61. The van der Waals surface area contributed by atoms with Crippen molar-refractivity contribution in [1.82, 2.24) is 5.32 Å². The maximum Gasteiger partial charge on any atom is 0.118 e. The molecule has 1 aromatic heterocycles. The fourth-order valence-electron chi connectivity index (χ4n) is 2.07. The molecule has 2 nitrogen and oxygen atoms in total. The maximum atomic E-state index is 5.18. The standard InChI is InChI=1S/C15H17Br2NOS/c1-18-13(14-9-12(16)15(17)20-14)8-5-10-3-6-11(19-2)7-4-10/h3-4,6-7,9,13,18H,5,8H2,1-2H3. The van der Waals surface area contributed by atoms with Gasteiger partial charge in [-0.25, -0.2) is 0 Å². The topological polar surface area (TPSA) is 21.3 Å². The summed E-state index contributed by atoms with van der Waals surface area (Å²) in [6.45, 7) is 0. The molecule has 0 aliphatic heterocycles. The summed E-state index contributed by atoms with van der Waals surface area (Å²) in [5.41, 5.74) is 1.33. The zero-order valence-corrected chi connectivity index (χ0v) is 15.4. The van der Waals surface area contributed by atoms with E-state index in [1.807, 2.05) is 19.2 Å². The van der Waals surface area contributed by atoms with E-state index in [-0.39, 0.29) is 0 Å². The number of thiophene rings is 1. The van der Waals surface area contributed by atoms with Gasteiger partial charge in [0.25, 0.3) is 0 Å². The van der Waals surface area contributed by atoms with Gasteiger partial charge in [-0.3, -0.25) is 0 Å². The van der Waals surface area contributed by atoms with E-state index in [9.17, 15) is 0 Å². The van der Waals surface area contributed by atoms with Gasteiger partial charge in [0.2, 0.25) is 0 Å². The lowest BCUT2D eigenvalue weighted by Crippen LogP contribution is -2.15. The smallest absolute Gasteiger partial charge is 0.118 e. The van der Waals surface area contributed by atoms with E-state index in [0.29, 0.717) is 6.04 Å². The Bertz CT molecular complexity index is 534. The molecule has 0 aliphatic carbocycles. The van der Waals surface area contributed by atoms with Crippen LogP contribution in [0.15, 0.2) is 38.6 Å². The third kappa shape index (κ3) is 4.07.